The predicted octanol–water partition coefficient (Wildman–Crippen LogP) is 4.65. The Balaban J connectivity index is 1.81. The number of nitrogens with one attached hydrogen (secondary N) is 1. The van der Waals surface area contributed by atoms with Gasteiger partial charge in [0.25, 0.3) is 5.91 Å². The van der Waals surface area contributed by atoms with Crippen LogP contribution in [-0.2, 0) is 6.54 Å². The van der Waals surface area contributed by atoms with Gasteiger partial charge in [-0.1, -0.05) is 30.3 Å². The fourth-order valence-corrected chi connectivity index (χ4v) is 2.75. The number of carbonyl (C=O) groups is 1. The molecule has 4 nitrogen and oxygen atoms in total. The first-order valence-electron chi connectivity index (χ1n) is 7.91. The Bertz CT molecular complexity index is 947. The van der Waals surface area contributed by atoms with Crippen molar-refractivity contribution in [2.24, 2.45) is 0 Å². The van der Waals surface area contributed by atoms with Crippen LogP contribution in [0.2, 0.25) is 0 Å². The Hall–Kier alpha value is -2.96. The molecule has 0 aliphatic rings. The number of halogens is 3. The van der Waals surface area contributed by atoms with Crippen molar-refractivity contribution in [2.45, 2.75) is 19.8 Å². The lowest BCUT2D eigenvalue weighted by Gasteiger charge is -2.19. The average Bonchev–Trinajstić information content (AvgIpc) is 2.97. The second-order valence-electron chi connectivity index (χ2n) is 6.09. The Morgan fingerprint density at radius 3 is 2.62 bits per heavy atom. The fraction of sp³-hybridized carbons (Fsp3) is 0.211. The van der Waals surface area contributed by atoms with Gasteiger partial charge < -0.3 is 14.6 Å². The van der Waals surface area contributed by atoms with Crippen LogP contribution in [0.1, 0.15) is 21.6 Å². The van der Waals surface area contributed by atoms with Gasteiger partial charge in [-0.2, -0.15) is 0 Å². The number of aromatic nitrogens is 1. The molecule has 0 radical (unpaired) electrons. The van der Waals surface area contributed by atoms with Gasteiger partial charge in [0.2, 0.25) is 0 Å². The van der Waals surface area contributed by atoms with E-state index in [1.807, 2.05) is 25.1 Å². The summed E-state index contributed by atoms with van der Waals surface area (Å²) in [4.78, 5) is 17.0. The third-order valence-corrected chi connectivity index (χ3v) is 3.96. The number of nitrogens with zero attached hydrogens (tertiary/aromatic N) is 1. The third kappa shape index (κ3) is 3.99. The van der Waals surface area contributed by atoms with Crippen LogP contribution in [-0.4, -0.2) is 29.2 Å². The molecule has 1 heterocycles. The summed E-state index contributed by atoms with van der Waals surface area (Å²) >= 11 is 0. The predicted molar refractivity (Wildman–Crippen MR) is 92.0 cm³/mol. The van der Waals surface area contributed by atoms with Crippen LogP contribution in [0.5, 0.6) is 5.75 Å². The first-order chi connectivity index (χ1) is 12.2. The van der Waals surface area contributed by atoms with E-state index in [2.05, 4.69) is 9.72 Å². The molecule has 0 fully saturated rings. The fourth-order valence-electron chi connectivity index (χ4n) is 2.75. The summed E-state index contributed by atoms with van der Waals surface area (Å²) in [6.07, 6.45) is -4.78. The topological polar surface area (TPSA) is 45.3 Å². The molecule has 0 unspecified atom stereocenters. The van der Waals surface area contributed by atoms with Gasteiger partial charge in [0, 0.05) is 30.1 Å². The molecule has 3 aromatic rings. The Morgan fingerprint density at radius 1 is 1.15 bits per heavy atom. The highest BCUT2D eigenvalue weighted by Crippen LogP contribution is 2.27. The van der Waals surface area contributed by atoms with Crippen LogP contribution in [0.3, 0.4) is 0 Å². The van der Waals surface area contributed by atoms with Crippen molar-refractivity contribution >= 4 is 16.8 Å². The summed E-state index contributed by atoms with van der Waals surface area (Å²) in [5.41, 5.74) is 2.54. The van der Waals surface area contributed by atoms with Gasteiger partial charge in [0.1, 0.15) is 11.4 Å². The summed E-state index contributed by atoms with van der Waals surface area (Å²) in [6, 6.07) is 13.3. The van der Waals surface area contributed by atoms with Crippen LogP contribution >= 0.6 is 0 Å². The molecule has 0 saturated carbocycles. The maximum absolute atomic E-state index is 12.6. The van der Waals surface area contributed by atoms with Gasteiger partial charge in [0.15, 0.2) is 0 Å². The van der Waals surface area contributed by atoms with Crippen molar-refractivity contribution in [3.05, 3.63) is 65.4 Å². The lowest BCUT2D eigenvalue weighted by Crippen LogP contribution is -2.27. The van der Waals surface area contributed by atoms with Gasteiger partial charge in [-0.05, 0) is 30.7 Å². The molecule has 0 saturated heterocycles. The van der Waals surface area contributed by atoms with E-state index in [4.69, 9.17) is 0 Å². The number of carbonyl (C=O) groups excluding carboxylic acids is 1. The van der Waals surface area contributed by atoms with Crippen molar-refractivity contribution < 1.29 is 22.7 Å². The highest BCUT2D eigenvalue weighted by Gasteiger charge is 2.32. The zero-order valence-corrected chi connectivity index (χ0v) is 14.2. The number of aryl methyl sites for hydroxylation is 1. The summed E-state index contributed by atoms with van der Waals surface area (Å²) in [5.74, 6) is -0.632. The van der Waals surface area contributed by atoms with Crippen LogP contribution in [0.25, 0.3) is 10.9 Å². The zero-order valence-electron chi connectivity index (χ0n) is 14.2. The molecule has 1 N–H and O–H groups in total. The second-order valence-corrected chi connectivity index (χ2v) is 6.09. The zero-order chi connectivity index (χ0) is 18.9. The van der Waals surface area contributed by atoms with Crippen LogP contribution < -0.4 is 4.74 Å². The van der Waals surface area contributed by atoms with Crippen LogP contribution in [0.15, 0.2) is 48.5 Å². The van der Waals surface area contributed by atoms with Crippen molar-refractivity contribution in [1.29, 1.82) is 0 Å². The number of amides is 1. The van der Waals surface area contributed by atoms with Crippen molar-refractivity contribution in [3.8, 4) is 5.75 Å². The largest absolute Gasteiger partial charge is 0.573 e. The number of rotatable bonds is 4. The van der Waals surface area contributed by atoms with Gasteiger partial charge >= 0.3 is 6.36 Å². The molecule has 0 atom stereocenters. The molecule has 26 heavy (non-hydrogen) atoms. The van der Waals surface area contributed by atoms with Crippen LogP contribution in [0.4, 0.5) is 13.2 Å². The second kappa shape index (κ2) is 6.74. The number of H-pyrrole nitrogens is 1. The van der Waals surface area contributed by atoms with E-state index in [-0.39, 0.29) is 23.8 Å². The summed E-state index contributed by atoms with van der Waals surface area (Å²) in [6.45, 7) is 1.94. The molecule has 7 heteroatoms. The van der Waals surface area contributed by atoms with E-state index in [0.29, 0.717) is 5.69 Å². The van der Waals surface area contributed by atoms with E-state index < -0.39 is 6.36 Å². The molecule has 0 aliphatic heterocycles. The number of hydrogen-bond donors (Lipinski definition) is 1. The molecule has 0 aliphatic carbocycles. The summed E-state index contributed by atoms with van der Waals surface area (Å²) in [5, 5.41) is 0.896. The SMILES string of the molecule is Cc1ccc2cc(C(=O)N(C)Cc3ccccc3OC(F)(F)F)[nH]c2c1. The van der Waals surface area contributed by atoms with Crippen LogP contribution in [0, 0.1) is 6.92 Å². The number of fused-ring (bicyclic) bond motifs is 1. The number of ether oxygens (including phenoxy) is 1. The Morgan fingerprint density at radius 2 is 1.88 bits per heavy atom. The maximum atomic E-state index is 12.6. The lowest BCUT2D eigenvalue weighted by molar-refractivity contribution is -0.275. The number of benzene rings is 2. The van der Waals surface area contributed by atoms with Crippen molar-refractivity contribution in [1.82, 2.24) is 9.88 Å². The smallest absolute Gasteiger partial charge is 0.405 e. The minimum atomic E-state index is -4.78. The van der Waals surface area contributed by atoms with E-state index in [1.165, 1.54) is 30.1 Å². The first kappa shape index (κ1) is 17.8. The molecular formula is C19H17F3N2O2. The molecule has 2 aromatic carbocycles. The highest BCUT2D eigenvalue weighted by atomic mass is 19.4. The monoisotopic (exact) mass is 362 g/mol. The highest BCUT2D eigenvalue weighted by molar-refractivity contribution is 5.98. The van der Waals surface area contributed by atoms with E-state index >= 15 is 0 Å². The molecule has 3 rings (SSSR count). The maximum Gasteiger partial charge on any atom is 0.573 e. The minimum Gasteiger partial charge on any atom is -0.405 e. The van der Waals surface area contributed by atoms with Gasteiger partial charge in [-0.15, -0.1) is 13.2 Å². The molecule has 0 spiro atoms. The van der Waals surface area contributed by atoms with Gasteiger partial charge in [-0.25, -0.2) is 0 Å². The minimum absolute atomic E-state index is 0.0144. The van der Waals surface area contributed by atoms with Gasteiger partial charge in [-0.3, -0.25) is 4.79 Å². The lowest BCUT2D eigenvalue weighted by atomic mass is 10.2. The number of alkyl halides is 3. The molecule has 1 amide bonds. The molecule has 136 valence electrons. The molecular weight excluding hydrogens is 345 g/mol. The quantitative estimate of drug-likeness (QED) is 0.734. The van der Waals surface area contributed by atoms with Gasteiger partial charge in [0.05, 0.1) is 0 Å². The van der Waals surface area contributed by atoms with Crippen molar-refractivity contribution in [2.75, 3.05) is 7.05 Å². The molecule has 1 aromatic heterocycles. The normalized spacial score (nSPS) is 11.6. The van der Waals surface area contributed by atoms with E-state index in [9.17, 15) is 18.0 Å². The number of aromatic amines is 1. The average molecular weight is 362 g/mol. The Labute approximate surface area is 148 Å². The van der Waals surface area contributed by atoms with E-state index in [0.717, 1.165) is 16.5 Å². The van der Waals surface area contributed by atoms with E-state index in [1.54, 1.807) is 12.1 Å². The third-order valence-electron chi connectivity index (χ3n) is 3.96. The standard InChI is InChI=1S/C19H17F3N2O2/c1-12-7-8-13-10-16(23-15(13)9-12)18(25)24(2)11-14-5-3-4-6-17(14)26-19(20,21)22/h3-10,23H,11H2,1-2H3. The first-order valence-corrected chi connectivity index (χ1v) is 7.91. The Kier molecular flexibility index (Phi) is 4.63. The number of para-hydroxylation sites is 1. The van der Waals surface area contributed by atoms with Crippen molar-refractivity contribution in [3.63, 3.8) is 0 Å². The summed E-state index contributed by atoms with van der Waals surface area (Å²) < 4.78 is 41.6. The number of hydrogen-bond acceptors (Lipinski definition) is 2. The molecule has 0 bridgehead atoms. The summed E-state index contributed by atoms with van der Waals surface area (Å²) in [7, 11) is 1.53.